The number of esters is 1. The van der Waals surface area contributed by atoms with Crippen LogP contribution in [-0.2, 0) is 16.0 Å². The number of methoxy groups -OCH3 is 1. The van der Waals surface area contributed by atoms with Crippen molar-refractivity contribution in [2.45, 2.75) is 33.3 Å². The van der Waals surface area contributed by atoms with E-state index >= 15 is 0 Å². The maximum absolute atomic E-state index is 13.1. The first-order chi connectivity index (χ1) is 15.8. The van der Waals surface area contributed by atoms with Crippen molar-refractivity contribution in [1.82, 2.24) is 9.66 Å². The molecule has 1 heterocycles. The number of hydrogen-bond acceptors (Lipinski definition) is 7. The van der Waals surface area contributed by atoms with Gasteiger partial charge in [0.1, 0.15) is 5.82 Å². The number of ether oxygens (including phenoxy) is 3. The number of benzene rings is 2. The van der Waals surface area contributed by atoms with Crippen molar-refractivity contribution >= 4 is 54.9 Å². The molecule has 10 heteroatoms. The molecule has 0 fully saturated rings. The molecule has 2 aromatic carbocycles. The van der Waals surface area contributed by atoms with Gasteiger partial charge in [-0.25, -0.2) is 9.78 Å². The van der Waals surface area contributed by atoms with Crippen molar-refractivity contribution in [3.63, 3.8) is 0 Å². The Kier molecular flexibility index (Phi) is 8.25. The first-order valence-corrected chi connectivity index (χ1v) is 11.8. The quantitative estimate of drug-likeness (QED) is 0.283. The number of hydrogen-bond donors (Lipinski definition) is 0. The molecule has 0 radical (unpaired) electrons. The second kappa shape index (κ2) is 10.9. The fourth-order valence-electron chi connectivity index (χ4n) is 3.08. The van der Waals surface area contributed by atoms with Crippen molar-refractivity contribution < 1.29 is 19.0 Å². The molecule has 0 amide bonds. The third kappa shape index (κ3) is 5.62. The van der Waals surface area contributed by atoms with Gasteiger partial charge in [0, 0.05) is 20.9 Å². The van der Waals surface area contributed by atoms with Gasteiger partial charge >= 0.3 is 5.97 Å². The van der Waals surface area contributed by atoms with E-state index in [1.165, 1.54) is 11.8 Å². The van der Waals surface area contributed by atoms with Crippen LogP contribution in [0, 0.1) is 0 Å². The molecule has 0 aliphatic rings. The molecule has 0 N–H and O–H groups in total. The van der Waals surface area contributed by atoms with Gasteiger partial charge in [-0.2, -0.15) is 9.78 Å². The van der Waals surface area contributed by atoms with Crippen LogP contribution in [0.4, 0.5) is 0 Å². The molecule has 33 heavy (non-hydrogen) atoms. The van der Waals surface area contributed by atoms with Gasteiger partial charge in [-0.15, -0.1) is 0 Å². The van der Waals surface area contributed by atoms with E-state index in [4.69, 9.17) is 14.2 Å². The molecule has 0 saturated carbocycles. The molecule has 0 spiro atoms. The third-order valence-electron chi connectivity index (χ3n) is 4.70. The van der Waals surface area contributed by atoms with Crippen LogP contribution in [0.5, 0.6) is 11.5 Å². The van der Waals surface area contributed by atoms with Crippen LogP contribution in [0.15, 0.2) is 49.2 Å². The average Bonchev–Trinajstić information content (AvgIpc) is 2.80. The predicted molar refractivity (Wildman–Crippen MR) is 133 cm³/mol. The molecule has 3 rings (SSSR count). The summed E-state index contributed by atoms with van der Waals surface area (Å²) >= 11 is 6.90. The van der Waals surface area contributed by atoms with Gasteiger partial charge in [0.2, 0.25) is 0 Å². The van der Waals surface area contributed by atoms with Crippen LogP contribution in [-0.4, -0.2) is 41.7 Å². The smallest absolute Gasteiger partial charge is 0.346 e. The normalized spacial score (nSPS) is 12.2. The zero-order chi connectivity index (χ0) is 24.1. The van der Waals surface area contributed by atoms with Gasteiger partial charge in [0.25, 0.3) is 5.56 Å². The highest BCUT2D eigenvalue weighted by molar-refractivity contribution is 9.10. The Morgan fingerprint density at radius 1 is 1.21 bits per heavy atom. The fraction of sp³-hybridized carbons (Fsp3) is 0.304. The minimum atomic E-state index is -0.811. The van der Waals surface area contributed by atoms with Crippen molar-refractivity contribution in [2.24, 2.45) is 5.10 Å². The molecular formula is C23H23Br2N3O5. The predicted octanol–water partition coefficient (Wildman–Crippen LogP) is 4.71. The van der Waals surface area contributed by atoms with E-state index in [0.717, 1.165) is 4.47 Å². The summed E-state index contributed by atoms with van der Waals surface area (Å²) in [6, 6.07) is 8.78. The summed E-state index contributed by atoms with van der Waals surface area (Å²) in [5.41, 5.74) is 1.01. The first-order valence-electron chi connectivity index (χ1n) is 10.2. The van der Waals surface area contributed by atoms with Gasteiger partial charge in [-0.3, -0.25) is 4.79 Å². The SMILES string of the molecule is CCOc1cc(C=Nn2c(CC)nc3ccc(Br)cc3c2=O)c(Br)cc1O[C@@H](C)C(=O)OC. The Labute approximate surface area is 207 Å². The topological polar surface area (TPSA) is 92.0 Å². The number of halogens is 2. The van der Waals surface area contributed by atoms with Crippen LogP contribution in [0.2, 0.25) is 0 Å². The second-order valence-corrected chi connectivity index (χ2v) is 8.71. The fourth-order valence-corrected chi connectivity index (χ4v) is 3.86. The van der Waals surface area contributed by atoms with Crippen molar-refractivity contribution in [1.29, 1.82) is 0 Å². The monoisotopic (exact) mass is 579 g/mol. The Morgan fingerprint density at radius 2 is 1.97 bits per heavy atom. The third-order valence-corrected chi connectivity index (χ3v) is 5.88. The van der Waals surface area contributed by atoms with Crippen molar-refractivity contribution in [2.75, 3.05) is 13.7 Å². The standard InChI is InChI=1S/C23H23Br2N3O5/c1-5-21-27-18-8-7-15(24)10-16(18)22(29)28(21)26-12-14-9-19(32-6-2)20(11-17(14)25)33-13(3)23(30)31-4/h7-13H,5-6H2,1-4H3/t13-/m0/s1. The van der Waals surface area contributed by atoms with Gasteiger partial charge in [-0.05, 0) is 60.1 Å². The van der Waals surface area contributed by atoms with E-state index < -0.39 is 12.1 Å². The average molecular weight is 581 g/mol. The van der Waals surface area contributed by atoms with E-state index in [9.17, 15) is 9.59 Å². The molecule has 0 aliphatic carbocycles. The van der Waals surface area contributed by atoms with Crippen LogP contribution in [0.3, 0.4) is 0 Å². The van der Waals surface area contributed by atoms with Crippen molar-refractivity contribution in [3.8, 4) is 11.5 Å². The molecule has 1 aromatic heterocycles. The zero-order valence-corrected chi connectivity index (χ0v) is 21.8. The second-order valence-electron chi connectivity index (χ2n) is 6.94. The summed E-state index contributed by atoms with van der Waals surface area (Å²) in [6.45, 7) is 5.74. The summed E-state index contributed by atoms with van der Waals surface area (Å²) in [6.07, 6.45) is 1.27. The van der Waals surface area contributed by atoms with Crippen LogP contribution in [0.1, 0.15) is 32.2 Å². The zero-order valence-electron chi connectivity index (χ0n) is 18.6. The van der Waals surface area contributed by atoms with Gasteiger partial charge < -0.3 is 14.2 Å². The van der Waals surface area contributed by atoms with Crippen molar-refractivity contribution in [3.05, 3.63) is 61.0 Å². The Balaban J connectivity index is 2.04. The number of carbonyl (C=O) groups is 1. The molecule has 0 saturated heterocycles. The minimum absolute atomic E-state index is 0.262. The highest BCUT2D eigenvalue weighted by atomic mass is 79.9. The summed E-state index contributed by atoms with van der Waals surface area (Å²) in [4.78, 5) is 29.4. The minimum Gasteiger partial charge on any atom is -0.490 e. The first kappa shape index (κ1) is 24.9. The number of fused-ring (bicyclic) bond motifs is 1. The number of aryl methyl sites for hydroxylation is 1. The van der Waals surface area contributed by atoms with E-state index in [1.807, 2.05) is 19.9 Å². The van der Waals surface area contributed by atoms with Gasteiger partial charge in [0.15, 0.2) is 17.6 Å². The lowest BCUT2D eigenvalue weighted by Gasteiger charge is -2.17. The molecule has 0 bridgehead atoms. The largest absolute Gasteiger partial charge is 0.490 e. The highest BCUT2D eigenvalue weighted by Gasteiger charge is 2.19. The van der Waals surface area contributed by atoms with Crippen LogP contribution >= 0.6 is 31.9 Å². The number of carbonyl (C=O) groups excluding carboxylic acids is 1. The van der Waals surface area contributed by atoms with E-state index in [1.54, 1.807) is 37.4 Å². The summed E-state index contributed by atoms with van der Waals surface area (Å²) in [7, 11) is 1.30. The summed E-state index contributed by atoms with van der Waals surface area (Å²) in [5, 5.41) is 4.89. The molecule has 174 valence electrons. The molecule has 0 aliphatic heterocycles. The maximum atomic E-state index is 13.1. The molecule has 1 atom stereocenters. The molecular weight excluding hydrogens is 558 g/mol. The van der Waals surface area contributed by atoms with Gasteiger partial charge in [-0.1, -0.05) is 22.9 Å². The lowest BCUT2D eigenvalue weighted by atomic mass is 10.2. The molecule has 8 nitrogen and oxygen atoms in total. The van der Waals surface area contributed by atoms with Crippen LogP contribution in [0.25, 0.3) is 10.9 Å². The Bertz CT molecular complexity index is 1270. The number of rotatable bonds is 8. The van der Waals surface area contributed by atoms with Gasteiger partial charge in [0.05, 0.1) is 30.8 Å². The lowest BCUT2D eigenvalue weighted by Crippen LogP contribution is -2.25. The number of aromatic nitrogens is 2. The molecule has 3 aromatic rings. The number of nitrogens with zero attached hydrogens (tertiary/aromatic N) is 3. The summed E-state index contributed by atoms with van der Waals surface area (Å²) < 4.78 is 18.9. The summed E-state index contributed by atoms with van der Waals surface area (Å²) in [5.74, 6) is 0.851. The highest BCUT2D eigenvalue weighted by Crippen LogP contribution is 2.34. The van der Waals surface area contributed by atoms with E-state index in [2.05, 4.69) is 41.9 Å². The van der Waals surface area contributed by atoms with E-state index in [-0.39, 0.29) is 5.56 Å². The Morgan fingerprint density at radius 3 is 2.64 bits per heavy atom. The van der Waals surface area contributed by atoms with E-state index in [0.29, 0.717) is 51.3 Å². The van der Waals surface area contributed by atoms with Crippen LogP contribution < -0.4 is 15.0 Å². The maximum Gasteiger partial charge on any atom is 0.346 e. The lowest BCUT2D eigenvalue weighted by molar-refractivity contribution is -0.147. The Hall–Kier alpha value is -2.72. The molecule has 0 unspecified atom stereocenters.